The highest BCUT2D eigenvalue weighted by Gasteiger charge is 2.16. The van der Waals surface area contributed by atoms with Gasteiger partial charge in [-0.2, -0.15) is 4.98 Å². The van der Waals surface area contributed by atoms with E-state index in [4.69, 9.17) is 10.7 Å². The van der Waals surface area contributed by atoms with Crippen molar-refractivity contribution >= 4 is 23.2 Å². The maximum Gasteiger partial charge on any atom is 0.243 e. The van der Waals surface area contributed by atoms with Crippen molar-refractivity contribution in [3.63, 3.8) is 0 Å². The van der Waals surface area contributed by atoms with Gasteiger partial charge in [-0.05, 0) is 30.4 Å². The second kappa shape index (κ2) is 8.83. The fourth-order valence-corrected chi connectivity index (χ4v) is 3.76. The molecule has 3 aromatic rings. The van der Waals surface area contributed by atoms with Crippen LogP contribution in [0.15, 0.2) is 18.5 Å². The number of rotatable bonds is 7. The summed E-state index contributed by atoms with van der Waals surface area (Å²) in [6.07, 6.45) is 5.50. The van der Waals surface area contributed by atoms with Gasteiger partial charge in [0.25, 0.3) is 0 Å². The van der Waals surface area contributed by atoms with Crippen molar-refractivity contribution in [2.45, 2.75) is 33.6 Å². The highest BCUT2D eigenvalue weighted by atomic mass is 15.3. The summed E-state index contributed by atoms with van der Waals surface area (Å²) in [5.41, 5.74) is 9.98. The number of nitrogen functional groups attached to an aromatic ring is 1. The van der Waals surface area contributed by atoms with Crippen molar-refractivity contribution in [2.24, 2.45) is 5.92 Å². The van der Waals surface area contributed by atoms with Gasteiger partial charge in [-0.25, -0.2) is 14.5 Å². The van der Waals surface area contributed by atoms with Gasteiger partial charge in [-0.15, -0.1) is 5.10 Å². The summed E-state index contributed by atoms with van der Waals surface area (Å²) in [4.78, 5) is 15.9. The van der Waals surface area contributed by atoms with Gasteiger partial charge in [0.05, 0.1) is 11.9 Å². The number of anilines is 3. The molecular formula is C21H31N9. The monoisotopic (exact) mass is 409 g/mol. The number of imidazole rings is 1. The van der Waals surface area contributed by atoms with E-state index in [0.717, 1.165) is 56.2 Å². The van der Waals surface area contributed by atoms with Crippen LogP contribution in [-0.2, 0) is 6.42 Å². The number of fused-ring (bicyclic) bond motifs is 1. The zero-order chi connectivity index (χ0) is 21.1. The number of pyridine rings is 1. The Kier molecular flexibility index (Phi) is 5.98. The molecule has 0 aromatic carbocycles. The molecule has 1 aliphatic heterocycles. The van der Waals surface area contributed by atoms with E-state index in [1.807, 2.05) is 12.4 Å². The Labute approximate surface area is 177 Å². The zero-order valence-electron chi connectivity index (χ0n) is 18.0. The predicted octanol–water partition coefficient (Wildman–Crippen LogP) is 1.87. The average Bonchev–Trinajstić information content (AvgIpc) is 3.12. The Morgan fingerprint density at radius 3 is 2.73 bits per heavy atom. The molecule has 0 atom stereocenters. The van der Waals surface area contributed by atoms with E-state index in [0.29, 0.717) is 29.8 Å². The van der Waals surface area contributed by atoms with Crippen LogP contribution < -0.4 is 21.3 Å². The van der Waals surface area contributed by atoms with Crippen LogP contribution in [0, 0.1) is 12.8 Å². The molecular weight excluding hydrogens is 378 g/mol. The number of hydrogen-bond donors (Lipinski definition) is 3. The van der Waals surface area contributed by atoms with E-state index in [1.165, 1.54) is 5.56 Å². The fraction of sp³-hybridized carbons (Fsp3) is 0.524. The van der Waals surface area contributed by atoms with E-state index >= 15 is 0 Å². The van der Waals surface area contributed by atoms with Crippen LogP contribution in [0.3, 0.4) is 0 Å². The molecule has 0 unspecified atom stereocenters. The molecule has 4 heterocycles. The molecule has 1 fully saturated rings. The van der Waals surface area contributed by atoms with Gasteiger partial charge in [-0.3, -0.25) is 0 Å². The van der Waals surface area contributed by atoms with Crippen LogP contribution in [0.2, 0.25) is 0 Å². The summed E-state index contributed by atoms with van der Waals surface area (Å²) in [6, 6.07) is 2.20. The van der Waals surface area contributed by atoms with Gasteiger partial charge >= 0.3 is 0 Å². The van der Waals surface area contributed by atoms with E-state index < -0.39 is 0 Å². The Morgan fingerprint density at radius 2 is 2.00 bits per heavy atom. The van der Waals surface area contributed by atoms with Crippen LogP contribution in [0.25, 0.3) is 5.65 Å². The van der Waals surface area contributed by atoms with Crippen LogP contribution in [0.4, 0.5) is 17.6 Å². The molecule has 0 aliphatic carbocycles. The maximum absolute atomic E-state index is 6.12. The lowest BCUT2D eigenvalue weighted by Crippen LogP contribution is -2.44. The number of aromatic nitrogens is 5. The largest absolute Gasteiger partial charge is 0.380 e. The van der Waals surface area contributed by atoms with Crippen molar-refractivity contribution in [3.05, 3.63) is 35.3 Å². The van der Waals surface area contributed by atoms with Crippen molar-refractivity contribution in [1.29, 1.82) is 0 Å². The minimum atomic E-state index is 0.381. The molecule has 3 aromatic heterocycles. The van der Waals surface area contributed by atoms with E-state index in [9.17, 15) is 0 Å². The molecule has 0 amide bonds. The second-order valence-electron chi connectivity index (χ2n) is 8.31. The molecule has 1 aliphatic rings. The van der Waals surface area contributed by atoms with Gasteiger partial charge in [0.1, 0.15) is 5.82 Å². The highest BCUT2D eigenvalue weighted by Crippen LogP contribution is 2.21. The van der Waals surface area contributed by atoms with Gasteiger partial charge in [-0.1, -0.05) is 19.9 Å². The molecule has 9 heteroatoms. The lowest BCUT2D eigenvalue weighted by atomic mass is 10.1. The Morgan fingerprint density at radius 1 is 1.20 bits per heavy atom. The molecule has 30 heavy (non-hydrogen) atoms. The first-order chi connectivity index (χ1) is 14.5. The number of nitrogens with two attached hydrogens (primary N) is 1. The topological polar surface area (TPSA) is 109 Å². The normalized spacial score (nSPS) is 14.6. The quantitative estimate of drug-likeness (QED) is 0.543. The van der Waals surface area contributed by atoms with Gasteiger partial charge in [0, 0.05) is 45.3 Å². The summed E-state index contributed by atoms with van der Waals surface area (Å²) in [7, 11) is 0. The minimum Gasteiger partial charge on any atom is -0.380 e. The Hall–Kier alpha value is -2.94. The van der Waals surface area contributed by atoms with Crippen molar-refractivity contribution in [1.82, 2.24) is 29.9 Å². The predicted molar refractivity (Wildman–Crippen MR) is 120 cm³/mol. The fourth-order valence-electron chi connectivity index (χ4n) is 3.76. The first-order valence-electron chi connectivity index (χ1n) is 10.7. The third kappa shape index (κ3) is 4.46. The maximum atomic E-state index is 6.12. The average molecular weight is 410 g/mol. The second-order valence-corrected chi connectivity index (χ2v) is 8.31. The van der Waals surface area contributed by atoms with E-state index in [1.54, 1.807) is 4.52 Å². The summed E-state index contributed by atoms with van der Waals surface area (Å²) in [5.74, 6) is 2.60. The first kappa shape index (κ1) is 20.3. The van der Waals surface area contributed by atoms with E-state index in [2.05, 4.69) is 57.4 Å². The summed E-state index contributed by atoms with van der Waals surface area (Å²) in [6.45, 7) is 11.3. The third-order valence-electron chi connectivity index (χ3n) is 5.37. The molecule has 4 N–H and O–H groups in total. The number of nitrogens with one attached hydrogen (secondary N) is 2. The smallest absolute Gasteiger partial charge is 0.243 e. The van der Waals surface area contributed by atoms with Crippen LogP contribution >= 0.6 is 0 Å². The molecule has 0 bridgehead atoms. The molecule has 160 valence electrons. The SMILES string of the molecule is Cc1cc(Cc2cnc3c(N)nc(NCCC(C)C)nn23)cnc1N1CCNCC1. The van der Waals surface area contributed by atoms with Crippen LogP contribution in [-0.4, -0.2) is 57.3 Å². The molecule has 0 radical (unpaired) electrons. The lowest BCUT2D eigenvalue weighted by Gasteiger charge is -2.29. The van der Waals surface area contributed by atoms with Crippen molar-refractivity contribution < 1.29 is 0 Å². The van der Waals surface area contributed by atoms with Crippen molar-refractivity contribution in [2.75, 3.05) is 48.7 Å². The number of nitrogens with zero attached hydrogens (tertiary/aromatic N) is 6. The van der Waals surface area contributed by atoms with E-state index in [-0.39, 0.29) is 0 Å². The van der Waals surface area contributed by atoms with Gasteiger partial charge < -0.3 is 21.3 Å². The standard InChI is InChI=1S/C21H31N9/c1-14(2)4-5-24-21-27-18(22)20-26-13-17(30(20)28-21)11-16-10-15(3)19(25-12-16)29-8-6-23-7-9-29/h10,12-14,23H,4-9,11H2,1-3H3,(H3,22,24,27,28). The van der Waals surface area contributed by atoms with Crippen LogP contribution in [0.1, 0.15) is 37.1 Å². The summed E-state index contributed by atoms with van der Waals surface area (Å²) < 4.78 is 1.79. The summed E-state index contributed by atoms with van der Waals surface area (Å²) in [5, 5.41) is 11.3. The first-order valence-corrected chi connectivity index (χ1v) is 10.7. The molecule has 4 rings (SSSR count). The van der Waals surface area contributed by atoms with Gasteiger partial charge in [0.2, 0.25) is 5.95 Å². The Bertz CT molecular complexity index is 1010. The molecule has 9 nitrogen and oxygen atoms in total. The highest BCUT2D eigenvalue weighted by molar-refractivity contribution is 5.61. The molecule has 0 saturated carbocycles. The van der Waals surface area contributed by atoms with Crippen molar-refractivity contribution in [3.8, 4) is 0 Å². The number of piperazine rings is 1. The number of aryl methyl sites for hydroxylation is 1. The molecule has 0 spiro atoms. The van der Waals surface area contributed by atoms with Gasteiger partial charge in [0.15, 0.2) is 11.5 Å². The lowest BCUT2D eigenvalue weighted by molar-refractivity contribution is 0.584. The Balaban J connectivity index is 1.54. The number of hydrogen-bond acceptors (Lipinski definition) is 8. The minimum absolute atomic E-state index is 0.381. The summed E-state index contributed by atoms with van der Waals surface area (Å²) >= 11 is 0. The molecule has 1 saturated heterocycles. The zero-order valence-corrected chi connectivity index (χ0v) is 18.0. The third-order valence-corrected chi connectivity index (χ3v) is 5.37. The van der Waals surface area contributed by atoms with Crippen LogP contribution in [0.5, 0.6) is 0 Å².